The van der Waals surface area contributed by atoms with Crippen LogP contribution in [0.4, 0.5) is 0 Å². The van der Waals surface area contributed by atoms with Gasteiger partial charge in [0.1, 0.15) is 0 Å². The first-order valence-electron chi connectivity index (χ1n) is 15.1. The molecule has 0 atom stereocenters. The Morgan fingerprint density at radius 1 is 0.487 bits per heavy atom. The van der Waals surface area contributed by atoms with Crippen molar-refractivity contribution in [3.8, 4) is 0 Å². The third kappa shape index (κ3) is 18.1. The third-order valence-electron chi connectivity index (χ3n) is 7.07. The zero-order valence-corrected chi connectivity index (χ0v) is 27.7. The molecule has 0 amide bonds. The van der Waals surface area contributed by atoms with Crippen LogP contribution in [0.5, 0.6) is 0 Å². The fourth-order valence-electron chi connectivity index (χ4n) is 4.77. The Balaban J connectivity index is 0.000000722. The van der Waals surface area contributed by atoms with E-state index in [1.54, 1.807) is 24.3 Å². The minimum absolute atomic E-state index is 0. The number of carboxylic acids is 2. The third-order valence-corrected chi connectivity index (χ3v) is 7.07. The van der Waals surface area contributed by atoms with Gasteiger partial charge in [-0.15, -0.1) is 0 Å². The molecule has 39 heavy (non-hydrogen) atoms. The number of benzene rings is 2. The largest absolute Gasteiger partial charge is 2.00 e. The fourth-order valence-corrected chi connectivity index (χ4v) is 4.77. The standard InChI is InChI=1S/2C17H26O2.Zn/c2*1-2-3-4-5-6-7-8-9-12-15-13-10-11-14-16(15)17(18)19;/h2*10-11,13-14H,2-9,12H2,1H3,(H,18,19);/q;;+2/p-2. The maximum Gasteiger partial charge on any atom is 2.00 e. The molecule has 2 aromatic rings. The Bertz CT molecular complexity index is 823. The molecule has 0 aliphatic heterocycles. The average Bonchev–Trinajstić information content (AvgIpc) is 2.92. The van der Waals surface area contributed by atoms with Crippen molar-refractivity contribution in [2.24, 2.45) is 0 Å². The first kappa shape index (κ1) is 37.0. The molecule has 0 N–H and O–H groups in total. The van der Waals surface area contributed by atoms with E-state index in [4.69, 9.17) is 0 Å². The van der Waals surface area contributed by atoms with Gasteiger partial charge >= 0.3 is 19.5 Å². The predicted molar refractivity (Wildman–Crippen MR) is 154 cm³/mol. The summed E-state index contributed by atoms with van der Waals surface area (Å²) in [4.78, 5) is 21.9. The number of aromatic carboxylic acids is 2. The molecule has 0 aliphatic rings. The molecule has 0 aliphatic carbocycles. The van der Waals surface area contributed by atoms with Crippen LogP contribution in [0, 0.1) is 0 Å². The molecule has 0 radical (unpaired) electrons. The molecule has 0 fully saturated rings. The van der Waals surface area contributed by atoms with Crippen LogP contribution in [0.15, 0.2) is 48.5 Å². The number of hydrogen-bond acceptors (Lipinski definition) is 4. The van der Waals surface area contributed by atoms with Crippen molar-refractivity contribution in [1.82, 2.24) is 0 Å². The van der Waals surface area contributed by atoms with E-state index in [0.29, 0.717) is 11.1 Å². The van der Waals surface area contributed by atoms with E-state index in [1.165, 1.54) is 89.9 Å². The molecule has 4 nitrogen and oxygen atoms in total. The van der Waals surface area contributed by atoms with Crippen LogP contribution in [0.1, 0.15) is 148 Å². The summed E-state index contributed by atoms with van der Waals surface area (Å²) in [5, 5.41) is 21.9. The monoisotopic (exact) mass is 586 g/mol. The molecule has 0 unspecified atom stereocenters. The van der Waals surface area contributed by atoms with E-state index < -0.39 is 11.9 Å². The van der Waals surface area contributed by atoms with Gasteiger partial charge in [-0.2, -0.15) is 0 Å². The first-order chi connectivity index (χ1) is 18.5. The van der Waals surface area contributed by atoms with E-state index in [2.05, 4.69) is 13.8 Å². The summed E-state index contributed by atoms with van der Waals surface area (Å²) in [7, 11) is 0. The van der Waals surface area contributed by atoms with Crippen molar-refractivity contribution in [1.29, 1.82) is 0 Å². The normalized spacial score (nSPS) is 10.3. The maximum atomic E-state index is 10.9. The minimum Gasteiger partial charge on any atom is -0.545 e. The number of aryl methyl sites for hydroxylation is 2. The first-order valence-corrected chi connectivity index (χ1v) is 15.1. The van der Waals surface area contributed by atoms with Gasteiger partial charge in [0, 0.05) is 11.1 Å². The second-order valence-electron chi connectivity index (χ2n) is 10.3. The molecular formula is C34H50O4Zn. The SMILES string of the molecule is CCCCCCCCCCc1ccccc1C(=O)[O-].CCCCCCCCCCc1ccccc1C(=O)[O-].[Zn+2]. The average molecular weight is 588 g/mol. The summed E-state index contributed by atoms with van der Waals surface area (Å²) in [6, 6.07) is 14.4. The maximum absolute atomic E-state index is 10.9. The number of carbonyl (C=O) groups excluding carboxylic acids is 2. The van der Waals surface area contributed by atoms with E-state index in [-0.39, 0.29) is 19.5 Å². The summed E-state index contributed by atoms with van der Waals surface area (Å²) >= 11 is 0. The van der Waals surface area contributed by atoms with E-state index in [0.717, 1.165) is 36.8 Å². The van der Waals surface area contributed by atoms with Gasteiger partial charge in [0.05, 0.1) is 11.9 Å². The zero-order valence-electron chi connectivity index (χ0n) is 24.7. The fraction of sp³-hybridized carbons (Fsp3) is 0.588. The molecule has 0 bridgehead atoms. The van der Waals surface area contributed by atoms with E-state index in [1.807, 2.05) is 24.3 Å². The van der Waals surface area contributed by atoms with E-state index >= 15 is 0 Å². The second kappa shape index (κ2) is 25.0. The van der Waals surface area contributed by atoms with Crippen LogP contribution in [-0.4, -0.2) is 11.9 Å². The number of carboxylic acid groups (broad SMARTS) is 2. The van der Waals surface area contributed by atoms with Crippen molar-refractivity contribution in [2.45, 2.75) is 129 Å². The molecule has 0 saturated carbocycles. The number of hydrogen-bond donors (Lipinski definition) is 0. The minimum atomic E-state index is -1.06. The summed E-state index contributed by atoms with van der Waals surface area (Å²) in [6.45, 7) is 4.46. The van der Waals surface area contributed by atoms with Crippen LogP contribution < -0.4 is 10.2 Å². The van der Waals surface area contributed by atoms with Gasteiger partial charge in [-0.1, -0.05) is 152 Å². The molecule has 2 aromatic carbocycles. The van der Waals surface area contributed by atoms with Crippen LogP contribution in [-0.2, 0) is 32.3 Å². The Morgan fingerprint density at radius 3 is 1.08 bits per heavy atom. The Labute approximate surface area is 250 Å². The predicted octanol–water partition coefficient (Wildman–Crippen LogP) is 7.46. The van der Waals surface area contributed by atoms with Crippen molar-refractivity contribution in [3.05, 3.63) is 70.8 Å². The second-order valence-corrected chi connectivity index (χ2v) is 10.3. The van der Waals surface area contributed by atoms with Gasteiger partial charge in [0.2, 0.25) is 0 Å². The molecule has 212 valence electrons. The van der Waals surface area contributed by atoms with Gasteiger partial charge in [-0.25, -0.2) is 0 Å². The number of rotatable bonds is 20. The van der Waals surface area contributed by atoms with Crippen molar-refractivity contribution in [2.75, 3.05) is 0 Å². The summed E-state index contributed by atoms with van der Waals surface area (Å²) in [6.07, 6.45) is 22.0. The number of carbonyl (C=O) groups is 2. The summed E-state index contributed by atoms with van der Waals surface area (Å²) in [5.41, 5.74) is 2.53. The molecule has 0 aromatic heterocycles. The van der Waals surface area contributed by atoms with Gasteiger partial charge in [0.15, 0.2) is 0 Å². The smallest absolute Gasteiger partial charge is 0.545 e. The molecule has 0 heterocycles. The van der Waals surface area contributed by atoms with Crippen molar-refractivity contribution < 1.29 is 39.3 Å². The summed E-state index contributed by atoms with van der Waals surface area (Å²) in [5.74, 6) is -2.12. The van der Waals surface area contributed by atoms with Crippen molar-refractivity contribution in [3.63, 3.8) is 0 Å². The van der Waals surface area contributed by atoms with Crippen LogP contribution in [0.2, 0.25) is 0 Å². The Kier molecular flexibility index (Phi) is 23.7. The quantitative estimate of drug-likeness (QED) is 0.119. The molecule has 5 heteroatoms. The Hall–Kier alpha value is -2.00. The van der Waals surface area contributed by atoms with Gasteiger partial charge < -0.3 is 19.8 Å². The molecular weight excluding hydrogens is 538 g/mol. The summed E-state index contributed by atoms with van der Waals surface area (Å²) < 4.78 is 0. The Morgan fingerprint density at radius 2 is 0.769 bits per heavy atom. The van der Waals surface area contributed by atoms with Crippen LogP contribution >= 0.6 is 0 Å². The molecule has 0 saturated heterocycles. The van der Waals surface area contributed by atoms with Crippen LogP contribution in [0.25, 0.3) is 0 Å². The molecule has 2 rings (SSSR count). The van der Waals surface area contributed by atoms with Crippen LogP contribution in [0.3, 0.4) is 0 Å². The zero-order chi connectivity index (χ0) is 27.8. The topological polar surface area (TPSA) is 80.3 Å². The molecule has 0 spiro atoms. The van der Waals surface area contributed by atoms with Gasteiger partial charge in [-0.3, -0.25) is 0 Å². The van der Waals surface area contributed by atoms with E-state index in [9.17, 15) is 19.8 Å². The van der Waals surface area contributed by atoms with Gasteiger partial charge in [0.25, 0.3) is 0 Å². The van der Waals surface area contributed by atoms with Crippen molar-refractivity contribution >= 4 is 11.9 Å². The van der Waals surface area contributed by atoms with Gasteiger partial charge in [-0.05, 0) is 36.8 Å². The number of unbranched alkanes of at least 4 members (excludes halogenated alkanes) is 14.